The summed E-state index contributed by atoms with van der Waals surface area (Å²) in [6.45, 7) is 11.5. The number of rotatable bonds is 3. The second-order valence-electron chi connectivity index (χ2n) is 8.31. The highest BCUT2D eigenvalue weighted by Crippen LogP contribution is 2.36. The zero-order valence-corrected chi connectivity index (χ0v) is 15.6. The molecule has 25 heavy (non-hydrogen) atoms. The third-order valence-electron chi connectivity index (χ3n) is 6.22. The minimum Gasteiger partial charge on any atom is -0.381 e. The molecule has 0 aromatic heterocycles. The highest BCUT2D eigenvalue weighted by molar-refractivity contribution is 5.21. The maximum atomic E-state index is 6.06. The fourth-order valence-corrected chi connectivity index (χ4v) is 4.75. The summed E-state index contributed by atoms with van der Waals surface area (Å²) >= 11 is 0. The molecular formula is C21H32N2O2. The molecule has 3 saturated heterocycles. The fourth-order valence-electron chi connectivity index (χ4n) is 4.75. The van der Waals surface area contributed by atoms with Crippen molar-refractivity contribution in [1.29, 1.82) is 0 Å². The van der Waals surface area contributed by atoms with Crippen LogP contribution in [0.5, 0.6) is 0 Å². The van der Waals surface area contributed by atoms with Crippen molar-refractivity contribution < 1.29 is 9.47 Å². The molecule has 4 rings (SSSR count). The number of nitrogens with zero attached hydrogens (tertiary/aromatic N) is 2. The standard InChI is InChI=1S/C21H32N2O2/c1-18-2-4-19(5-3-18)14-22-10-13-25-17-21(15-22)8-9-23(16-21)20-6-11-24-12-7-20/h2-5,20H,6-17H2,1H3/t21-/m0/s1. The zero-order chi connectivity index (χ0) is 17.1. The summed E-state index contributed by atoms with van der Waals surface area (Å²) in [6.07, 6.45) is 3.67. The topological polar surface area (TPSA) is 24.9 Å². The summed E-state index contributed by atoms with van der Waals surface area (Å²) in [7, 11) is 0. The molecule has 4 heteroatoms. The van der Waals surface area contributed by atoms with Gasteiger partial charge in [-0.25, -0.2) is 0 Å². The van der Waals surface area contributed by atoms with Crippen LogP contribution >= 0.6 is 0 Å². The van der Waals surface area contributed by atoms with E-state index >= 15 is 0 Å². The van der Waals surface area contributed by atoms with Crippen LogP contribution in [-0.4, -0.2) is 68.4 Å². The normalized spacial score (nSPS) is 30.0. The van der Waals surface area contributed by atoms with Crippen molar-refractivity contribution in [2.45, 2.75) is 38.8 Å². The Morgan fingerprint density at radius 1 is 1.00 bits per heavy atom. The molecule has 0 N–H and O–H groups in total. The summed E-state index contributed by atoms with van der Waals surface area (Å²) in [6, 6.07) is 9.72. The maximum Gasteiger partial charge on any atom is 0.0593 e. The first kappa shape index (κ1) is 17.5. The number of hydrogen-bond donors (Lipinski definition) is 0. The maximum absolute atomic E-state index is 6.06. The number of likely N-dealkylation sites (tertiary alicyclic amines) is 1. The number of benzene rings is 1. The van der Waals surface area contributed by atoms with Crippen LogP contribution in [0, 0.1) is 12.3 Å². The Hall–Kier alpha value is -0.940. The largest absolute Gasteiger partial charge is 0.381 e. The smallest absolute Gasteiger partial charge is 0.0593 e. The molecule has 3 fully saturated rings. The van der Waals surface area contributed by atoms with Crippen LogP contribution in [0.2, 0.25) is 0 Å². The molecular weight excluding hydrogens is 312 g/mol. The Kier molecular flexibility index (Phi) is 5.41. The molecule has 138 valence electrons. The molecule has 3 aliphatic heterocycles. The first-order valence-corrected chi connectivity index (χ1v) is 9.90. The minimum absolute atomic E-state index is 0.319. The monoisotopic (exact) mass is 344 g/mol. The van der Waals surface area contributed by atoms with Gasteiger partial charge in [0.05, 0.1) is 13.2 Å². The lowest BCUT2D eigenvalue weighted by molar-refractivity contribution is 0.0284. The van der Waals surface area contributed by atoms with E-state index < -0.39 is 0 Å². The number of hydrogen-bond acceptors (Lipinski definition) is 4. The van der Waals surface area contributed by atoms with Gasteiger partial charge >= 0.3 is 0 Å². The molecule has 0 saturated carbocycles. The SMILES string of the molecule is Cc1ccc(CN2CCOC[C@@]3(CCN(C4CCOCC4)C3)C2)cc1. The molecule has 0 bridgehead atoms. The van der Waals surface area contributed by atoms with E-state index in [1.165, 1.54) is 50.0 Å². The van der Waals surface area contributed by atoms with Crippen LogP contribution in [0.4, 0.5) is 0 Å². The van der Waals surface area contributed by atoms with E-state index in [1.807, 2.05) is 0 Å². The molecule has 1 aromatic carbocycles. The number of ether oxygens (including phenoxy) is 2. The van der Waals surface area contributed by atoms with Crippen molar-refractivity contribution in [3.8, 4) is 0 Å². The average Bonchev–Trinajstić information content (AvgIpc) is 2.94. The summed E-state index contributed by atoms with van der Waals surface area (Å²) in [5, 5.41) is 0. The molecule has 1 aromatic rings. The zero-order valence-electron chi connectivity index (χ0n) is 15.6. The summed E-state index contributed by atoms with van der Waals surface area (Å²) in [5.41, 5.74) is 3.07. The first-order chi connectivity index (χ1) is 12.2. The van der Waals surface area contributed by atoms with Gasteiger partial charge < -0.3 is 9.47 Å². The van der Waals surface area contributed by atoms with E-state index in [0.717, 1.165) is 45.6 Å². The number of aryl methyl sites for hydroxylation is 1. The third kappa shape index (κ3) is 4.25. The predicted molar refractivity (Wildman–Crippen MR) is 99.7 cm³/mol. The van der Waals surface area contributed by atoms with Crippen molar-refractivity contribution in [2.75, 3.05) is 52.6 Å². The minimum atomic E-state index is 0.319. The molecule has 1 spiro atoms. The highest BCUT2D eigenvalue weighted by Gasteiger charge is 2.43. The second kappa shape index (κ2) is 7.75. The molecule has 4 nitrogen and oxygen atoms in total. The Morgan fingerprint density at radius 3 is 2.60 bits per heavy atom. The van der Waals surface area contributed by atoms with E-state index in [4.69, 9.17) is 9.47 Å². The lowest BCUT2D eigenvalue weighted by Crippen LogP contribution is -2.43. The van der Waals surface area contributed by atoms with Crippen LogP contribution in [0.3, 0.4) is 0 Å². The molecule has 0 radical (unpaired) electrons. The second-order valence-corrected chi connectivity index (χ2v) is 8.31. The Morgan fingerprint density at radius 2 is 1.80 bits per heavy atom. The van der Waals surface area contributed by atoms with E-state index in [9.17, 15) is 0 Å². The van der Waals surface area contributed by atoms with Crippen molar-refractivity contribution in [1.82, 2.24) is 9.80 Å². The van der Waals surface area contributed by atoms with Gasteiger partial charge in [-0.05, 0) is 38.3 Å². The van der Waals surface area contributed by atoms with Gasteiger partial charge in [0.2, 0.25) is 0 Å². The van der Waals surface area contributed by atoms with Crippen LogP contribution in [0.15, 0.2) is 24.3 Å². The lowest BCUT2D eigenvalue weighted by atomic mass is 9.87. The predicted octanol–water partition coefficient (Wildman–Crippen LogP) is 2.70. The van der Waals surface area contributed by atoms with E-state index in [-0.39, 0.29) is 0 Å². The molecule has 3 heterocycles. The highest BCUT2D eigenvalue weighted by atomic mass is 16.5. The van der Waals surface area contributed by atoms with E-state index in [1.54, 1.807) is 0 Å². The summed E-state index contributed by atoms with van der Waals surface area (Å²) < 4.78 is 11.6. The fraction of sp³-hybridized carbons (Fsp3) is 0.714. The van der Waals surface area contributed by atoms with Gasteiger partial charge in [-0.1, -0.05) is 29.8 Å². The molecule has 0 amide bonds. The summed E-state index contributed by atoms with van der Waals surface area (Å²) in [5.74, 6) is 0. The van der Waals surface area contributed by atoms with Gasteiger partial charge in [-0.15, -0.1) is 0 Å². The van der Waals surface area contributed by atoms with Crippen molar-refractivity contribution >= 4 is 0 Å². The van der Waals surface area contributed by atoms with Gasteiger partial charge in [0.15, 0.2) is 0 Å². The van der Waals surface area contributed by atoms with Gasteiger partial charge in [-0.3, -0.25) is 9.80 Å². The average molecular weight is 344 g/mol. The Labute approximate surface area is 152 Å². The van der Waals surface area contributed by atoms with Gasteiger partial charge in [0.25, 0.3) is 0 Å². The first-order valence-electron chi connectivity index (χ1n) is 9.90. The van der Waals surface area contributed by atoms with Crippen molar-refractivity contribution in [2.24, 2.45) is 5.41 Å². The molecule has 0 aliphatic carbocycles. The lowest BCUT2D eigenvalue weighted by Gasteiger charge is -2.35. The van der Waals surface area contributed by atoms with Crippen molar-refractivity contribution in [3.63, 3.8) is 0 Å². The Balaban J connectivity index is 1.40. The van der Waals surface area contributed by atoms with E-state index in [2.05, 4.69) is 41.0 Å². The van der Waals surface area contributed by atoms with Gasteiger partial charge in [0, 0.05) is 50.8 Å². The van der Waals surface area contributed by atoms with Crippen LogP contribution < -0.4 is 0 Å². The van der Waals surface area contributed by atoms with E-state index in [0.29, 0.717) is 5.41 Å². The summed E-state index contributed by atoms with van der Waals surface area (Å²) in [4.78, 5) is 5.34. The van der Waals surface area contributed by atoms with Gasteiger partial charge in [0.1, 0.15) is 0 Å². The van der Waals surface area contributed by atoms with Crippen LogP contribution in [0.25, 0.3) is 0 Å². The molecule has 0 unspecified atom stereocenters. The quantitative estimate of drug-likeness (QED) is 0.842. The van der Waals surface area contributed by atoms with Crippen LogP contribution in [0.1, 0.15) is 30.4 Å². The molecule has 3 aliphatic rings. The molecule has 1 atom stereocenters. The third-order valence-corrected chi connectivity index (χ3v) is 6.22. The Bertz CT molecular complexity index is 556. The van der Waals surface area contributed by atoms with Crippen LogP contribution in [-0.2, 0) is 16.0 Å². The van der Waals surface area contributed by atoms with Gasteiger partial charge in [-0.2, -0.15) is 0 Å². The van der Waals surface area contributed by atoms with Crippen molar-refractivity contribution in [3.05, 3.63) is 35.4 Å².